The molecule has 4 aromatic carbocycles. The number of rotatable bonds is 9. The summed E-state index contributed by atoms with van der Waals surface area (Å²) in [5.41, 5.74) is 22.9. The minimum absolute atomic E-state index is 0.132. The van der Waals surface area contributed by atoms with E-state index in [9.17, 15) is 0 Å². The topological polar surface area (TPSA) is 106 Å². The second-order valence-electron chi connectivity index (χ2n) is 11.1. The second kappa shape index (κ2) is 11.6. The highest BCUT2D eigenvalue weighted by atomic mass is 16.7. The van der Waals surface area contributed by atoms with E-state index in [0.29, 0.717) is 28.6 Å². The monoisotopic (exact) mass is 561 g/mol. The molecule has 0 saturated carbocycles. The van der Waals surface area contributed by atoms with E-state index in [1.54, 1.807) is 0 Å². The maximum absolute atomic E-state index is 6.58. The maximum Gasteiger partial charge on any atom is 0.277 e. The predicted molar refractivity (Wildman–Crippen MR) is 172 cm³/mol. The number of allylic oxidation sites excluding steroid dienone is 2. The van der Waals surface area contributed by atoms with Crippen LogP contribution in [0.15, 0.2) is 115 Å². The SMILES string of the molecule is CCC(C)(C1=CC(C)C(Oc2ccc(N)cc2)(Oc2ccc(N)cc2)C=C1)c1ccc(Oc2ccc(N)cc2)c(C)c1. The molecule has 0 bridgehead atoms. The zero-order chi connectivity index (χ0) is 29.9. The summed E-state index contributed by atoms with van der Waals surface area (Å²) in [6, 6.07) is 28.6. The third kappa shape index (κ3) is 5.93. The number of hydrogen-bond donors (Lipinski definition) is 3. The summed E-state index contributed by atoms with van der Waals surface area (Å²) >= 11 is 0. The van der Waals surface area contributed by atoms with Gasteiger partial charge in [-0.1, -0.05) is 45.1 Å². The van der Waals surface area contributed by atoms with Gasteiger partial charge in [-0.15, -0.1) is 0 Å². The normalized spacial score (nSPS) is 17.1. The minimum atomic E-state index is -1.07. The van der Waals surface area contributed by atoms with Crippen molar-refractivity contribution in [1.29, 1.82) is 0 Å². The van der Waals surface area contributed by atoms with Gasteiger partial charge >= 0.3 is 0 Å². The third-order valence-electron chi connectivity index (χ3n) is 8.14. The van der Waals surface area contributed by atoms with Crippen molar-refractivity contribution < 1.29 is 14.2 Å². The number of ether oxygens (including phenoxy) is 3. The average Bonchev–Trinajstić information content (AvgIpc) is 2.98. The second-order valence-corrected chi connectivity index (χ2v) is 11.1. The Bertz CT molecular complexity index is 1540. The van der Waals surface area contributed by atoms with E-state index in [4.69, 9.17) is 31.4 Å². The Morgan fingerprint density at radius 3 is 1.69 bits per heavy atom. The van der Waals surface area contributed by atoms with E-state index >= 15 is 0 Å². The lowest BCUT2D eigenvalue weighted by atomic mass is 9.70. The first-order valence-electron chi connectivity index (χ1n) is 14.3. The molecular formula is C36H39N3O3. The molecule has 2 unspecified atom stereocenters. The fourth-order valence-corrected chi connectivity index (χ4v) is 5.23. The first-order chi connectivity index (χ1) is 20.1. The summed E-state index contributed by atoms with van der Waals surface area (Å²) in [7, 11) is 0. The van der Waals surface area contributed by atoms with Gasteiger partial charge in [0.05, 0.1) is 5.92 Å². The van der Waals surface area contributed by atoms with Crippen LogP contribution in [0, 0.1) is 12.8 Å². The average molecular weight is 562 g/mol. The lowest BCUT2D eigenvalue weighted by molar-refractivity contribution is -0.0992. The molecule has 6 heteroatoms. The Morgan fingerprint density at radius 2 is 1.24 bits per heavy atom. The molecule has 0 heterocycles. The number of aryl methyl sites for hydroxylation is 1. The fourth-order valence-electron chi connectivity index (χ4n) is 5.23. The minimum Gasteiger partial charge on any atom is -0.457 e. The first-order valence-corrected chi connectivity index (χ1v) is 14.3. The van der Waals surface area contributed by atoms with Gasteiger partial charge in [-0.25, -0.2) is 0 Å². The number of nitrogens with two attached hydrogens (primary N) is 3. The first kappa shape index (κ1) is 28.7. The molecular weight excluding hydrogens is 522 g/mol. The largest absolute Gasteiger partial charge is 0.457 e. The molecule has 0 radical (unpaired) electrons. The van der Waals surface area contributed by atoms with Crippen molar-refractivity contribution in [2.75, 3.05) is 17.2 Å². The molecule has 5 rings (SSSR count). The Kier molecular flexibility index (Phi) is 7.90. The van der Waals surface area contributed by atoms with Gasteiger partial charge in [-0.2, -0.15) is 0 Å². The van der Waals surface area contributed by atoms with Crippen molar-refractivity contribution in [3.8, 4) is 23.0 Å². The summed E-state index contributed by atoms with van der Waals surface area (Å²) in [5, 5.41) is 0. The highest BCUT2D eigenvalue weighted by molar-refractivity contribution is 5.50. The van der Waals surface area contributed by atoms with Crippen LogP contribution in [-0.2, 0) is 5.41 Å². The van der Waals surface area contributed by atoms with Crippen LogP contribution in [0.1, 0.15) is 38.3 Å². The standard InChI is InChI=1S/C36H39N3O3/c1-5-35(4,26-6-19-34(24(2)22-26)40-31-13-7-28(37)8-14-31)27-20-21-36(25(3)23-27,41-32-15-9-29(38)10-16-32)42-33-17-11-30(39)12-18-33/h6-23,25H,5,37-39H2,1-4H3. The summed E-state index contributed by atoms with van der Waals surface area (Å²) in [6.07, 6.45) is 7.32. The zero-order valence-electron chi connectivity index (χ0n) is 24.6. The molecule has 4 aromatic rings. The van der Waals surface area contributed by atoms with Crippen molar-refractivity contribution in [2.24, 2.45) is 5.92 Å². The van der Waals surface area contributed by atoms with Crippen LogP contribution in [0.25, 0.3) is 0 Å². The summed E-state index contributed by atoms with van der Waals surface area (Å²) < 4.78 is 19.3. The molecule has 1 aliphatic carbocycles. The molecule has 1 aliphatic rings. The lowest BCUT2D eigenvalue weighted by Gasteiger charge is -2.41. The molecule has 2 atom stereocenters. The number of anilines is 3. The van der Waals surface area contributed by atoms with Crippen molar-refractivity contribution in [3.63, 3.8) is 0 Å². The molecule has 6 nitrogen and oxygen atoms in total. The van der Waals surface area contributed by atoms with Crippen LogP contribution in [-0.4, -0.2) is 5.79 Å². The van der Waals surface area contributed by atoms with Crippen molar-refractivity contribution >= 4 is 17.1 Å². The van der Waals surface area contributed by atoms with Crippen LogP contribution in [0.2, 0.25) is 0 Å². The van der Waals surface area contributed by atoms with E-state index in [1.807, 2.05) is 84.9 Å². The van der Waals surface area contributed by atoms with Crippen LogP contribution >= 0.6 is 0 Å². The smallest absolute Gasteiger partial charge is 0.277 e. The highest BCUT2D eigenvalue weighted by Gasteiger charge is 2.43. The van der Waals surface area contributed by atoms with Crippen molar-refractivity contribution in [1.82, 2.24) is 0 Å². The molecule has 0 aliphatic heterocycles. The molecule has 6 N–H and O–H groups in total. The third-order valence-corrected chi connectivity index (χ3v) is 8.14. The van der Waals surface area contributed by atoms with Crippen LogP contribution in [0.3, 0.4) is 0 Å². The van der Waals surface area contributed by atoms with Crippen molar-refractivity contribution in [3.05, 3.63) is 126 Å². The van der Waals surface area contributed by atoms with E-state index < -0.39 is 5.79 Å². The Morgan fingerprint density at radius 1 is 0.738 bits per heavy atom. The molecule has 0 aromatic heterocycles. The highest BCUT2D eigenvalue weighted by Crippen LogP contribution is 2.44. The van der Waals surface area contributed by atoms with Gasteiger partial charge in [-0.3, -0.25) is 0 Å². The molecule has 0 amide bonds. The quantitative estimate of drug-likeness (QED) is 0.141. The van der Waals surface area contributed by atoms with Gasteiger partial charge in [0, 0.05) is 28.6 Å². The fraction of sp³-hybridized carbons (Fsp3) is 0.222. The summed E-state index contributed by atoms with van der Waals surface area (Å²) in [6.45, 7) is 8.68. The molecule has 0 spiro atoms. The molecule has 42 heavy (non-hydrogen) atoms. The maximum atomic E-state index is 6.58. The van der Waals surface area contributed by atoms with Gasteiger partial charge in [0.1, 0.15) is 23.0 Å². The van der Waals surface area contributed by atoms with E-state index in [0.717, 1.165) is 23.5 Å². The van der Waals surface area contributed by atoms with Crippen LogP contribution < -0.4 is 31.4 Å². The van der Waals surface area contributed by atoms with Gasteiger partial charge in [0.25, 0.3) is 5.79 Å². The van der Waals surface area contributed by atoms with Gasteiger partial charge < -0.3 is 31.4 Å². The molecule has 0 fully saturated rings. The predicted octanol–water partition coefficient (Wildman–Crippen LogP) is 8.19. The summed E-state index contributed by atoms with van der Waals surface area (Å²) in [5.74, 6) is 1.70. The number of benzene rings is 4. The summed E-state index contributed by atoms with van der Waals surface area (Å²) in [4.78, 5) is 0. The van der Waals surface area contributed by atoms with E-state index in [-0.39, 0.29) is 11.3 Å². The van der Waals surface area contributed by atoms with E-state index in [2.05, 4.69) is 52.0 Å². The lowest BCUT2D eigenvalue weighted by Crippen LogP contribution is -2.48. The van der Waals surface area contributed by atoms with Gasteiger partial charge in [0.2, 0.25) is 0 Å². The molecule has 216 valence electrons. The Hall–Kier alpha value is -4.84. The van der Waals surface area contributed by atoms with E-state index in [1.165, 1.54) is 11.1 Å². The number of hydrogen-bond acceptors (Lipinski definition) is 6. The van der Waals surface area contributed by atoms with Crippen LogP contribution in [0.5, 0.6) is 23.0 Å². The van der Waals surface area contributed by atoms with Gasteiger partial charge in [0.15, 0.2) is 0 Å². The molecule has 0 saturated heterocycles. The number of nitrogen functional groups attached to an aromatic ring is 3. The Balaban J connectivity index is 1.45. The van der Waals surface area contributed by atoms with Crippen molar-refractivity contribution in [2.45, 2.75) is 45.3 Å². The van der Waals surface area contributed by atoms with Gasteiger partial charge in [-0.05, 0) is 109 Å². The Labute approximate surface area is 248 Å². The van der Waals surface area contributed by atoms with Crippen LogP contribution in [0.4, 0.5) is 17.1 Å². The zero-order valence-corrected chi connectivity index (χ0v) is 24.6.